The molecule has 2 N–H and O–H groups in total. The first-order valence-corrected chi connectivity index (χ1v) is 7.72. The first kappa shape index (κ1) is 17.4. The molecule has 3 rings (SSSR count). The molecule has 1 saturated heterocycles. The molecule has 1 amide bonds. The summed E-state index contributed by atoms with van der Waals surface area (Å²) in [5, 5.41) is 10.7. The molecule has 2 aromatic rings. The molecule has 2 atom stereocenters. The van der Waals surface area contributed by atoms with Crippen LogP contribution in [-0.4, -0.2) is 34.9 Å². The molecular formula is C15H16ClN3O3S. The number of likely N-dealkylation sites (tertiary alicyclic amines) is 1. The van der Waals surface area contributed by atoms with Gasteiger partial charge in [-0.2, -0.15) is 0 Å². The van der Waals surface area contributed by atoms with Gasteiger partial charge in [0.1, 0.15) is 0 Å². The van der Waals surface area contributed by atoms with Gasteiger partial charge < -0.3 is 10.6 Å². The van der Waals surface area contributed by atoms with Crippen molar-refractivity contribution in [2.45, 2.75) is 12.0 Å². The minimum Gasteiger partial charge on any atom is -0.336 e. The first-order chi connectivity index (χ1) is 10.6. The molecule has 6 nitrogen and oxygen atoms in total. The number of carbonyl (C=O) groups excluding carboxylic acids is 1. The van der Waals surface area contributed by atoms with Crippen LogP contribution in [0.2, 0.25) is 0 Å². The molecule has 1 aliphatic heterocycles. The number of carbonyl (C=O) groups is 1. The Balaban J connectivity index is 0.00000192. The van der Waals surface area contributed by atoms with Crippen LogP contribution in [0.5, 0.6) is 0 Å². The van der Waals surface area contributed by atoms with Crippen molar-refractivity contribution >= 4 is 34.7 Å². The van der Waals surface area contributed by atoms with Crippen LogP contribution in [0.4, 0.5) is 5.00 Å². The molecule has 122 valence electrons. The van der Waals surface area contributed by atoms with Crippen LogP contribution >= 0.6 is 23.7 Å². The highest BCUT2D eigenvalue weighted by Crippen LogP contribution is 2.30. The normalized spacial score (nSPS) is 20.1. The second kappa shape index (κ2) is 7.08. The van der Waals surface area contributed by atoms with E-state index in [0.29, 0.717) is 18.0 Å². The zero-order valence-corrected chi connectivity index (χ0v) is 13.8. The largest absolute Gasteiger partial charge is 0.336 e. The van der Waals surface area contributed by atoms with E-state index in [1.807, 2.05) is 30.3 Å². The predicted octanol–water partition coefficient (Wildman–Crippen LogP) is 2.65. The number of amides is 1. The molecule has 0 aliphatic carbocycles. The number of thiophene rings is 1. The lowest BCUT2D eigenvalue weighted by Crippen LogP contribution is -2.31. The Kier molecular flexibility index (Phi) is 5.35. The molecule has 0 unspecified atom stereocenters. The maximum absolute atomic E-state index is 12.5. The topological polar surface area (TPSA) is 89.5 Å². The zero-order chi connectivity index (χ0) is 15.7. The fraction of sp³-hybridized carbons (Fsp3) is 0.267. The van der Waals surface area contributed by atoms with Gasteiger partial charge in [-0.3, -0.25) is 14.9 Å². The number of hydrogen-bond acceptors (Lipinski definition) is 5. The standard InChI is InChI=1S/C15H15N3O3S.ClH/c16-12-9-17(8-11(12)10-4-2-1-3-5-10)15(19)13-6-7-14(22-13)18(20)21;/h1-7,11-12H,8-9,16H2;1H/t11-,12+;/m0./s1. The fourth-order valence-corrected chi connectivity index (χ4v) is 3.53. The van der Waals surface area contributed by atoms with Crippen molar-refractivity contribution in [2.75, 3.05) is 13.1 Å². The Labute approximate surface area is 143 Å². The van der Waals surface area contributed by atoms with Crippen molar-refractivity contribution in [3.63, 3.8) is 0 Å². The van der Waals surface area contributed by atoms with Gasteiger partial charge in [-0.05, 0) is 11.6 Å². The molecule has 1 fully saturated rings. The summed E-state index contributed by atoms with van der Waals surface area (Å²) in [6.07, 6.45) is 0. The molecule has 1 aromatic heterocycles. The monoisotopic (exact) mass is 353 g/mol. The van der Waals surface area contributed by atoms with Gasteiger partial charge in [0.25, 0.3) is 5.91 Å². The first-order valence-electron chi connectivity index (χ1n) is 6.90. The van der Waals surface area contributed by atoms with Crippen molar-refractivity contribution in [2.24, 2.45) is 5.73 Å². The van der Waals surface area contributed by atoms with E-state index in [9.17, 15) is 14.9 Å². The van der Waals surface area contributed by atoms with Crippen molar-refractivity contribution in [1.82, 2.24) is 4.90 Å². The maximum Gasteiger partial charge on any atom is 0.324 e. The van der Waals surface area contributed by atoms with Crippen molar-refractivity contribution < 1.29 is 9.72 Å². The average Bonchev–Trinajstić information content (AvgIpc) is 3.14. The van der Waals surface area contributed by atoms with Gasteiger partial charge in [-0.1, -0.05) is 41.7 Å². The minimum absolute atomic E-state index is 0. The number of rotatable bonds is 3. The molecule has 0 radical (unpaired) electrons. The lowest BCUT2D eigenvalue weighted by Gasteiger charge is -2.15. The molecule has 0 spiro atoms. The number of hydrogen-bond donors (Lipinski definition) is 1. The molecule has 23 heavy (non-hydrogen) atoms. The van der Waals surface area contributed by atoms with Crippen LogP contribution in [-0.2, 0) is 0 Å². The summed E-state index contributed by atoms with van der Waals surface area (Å²) in [6, 6.07) is 12.6. The lowest BCUT2D eigenvalue weighted by molar-refractivity contribution is -0.380. The van der Waals surface area contributed by atoms with Crippen LogP contribution < -0.4 is 5.73 Å². The van der Waals surface area contributed by atoms with Gasteiger partial charge in [0.15, 0.2) is 0 Å². The highest BCUT2D eigenvalue weighted by Gasteiger charge is 2.35. The molecule has 2 heterocycles. The average molecular weight is 354 g/mol. The summed E-state index contributed by atoms with van der Waals surface area (Å²) in [7, 11) is 0. The number of benzene rings is 1. The smallest absolute Gasteiger partial charge is 0.324 e. The number of nitrogens with two attached hydrogens (primary N) is 1. The van der Waals surface area contributed by atoms with Gasteiger partial charge >= 0.3 is 5.00 Å². The molecular weight excluding hydrogens is 338 g/mol. The van der Waals surface area contributed by atoms with Gasteiger partial charge in [0.2, 0.25) is 0 Å². The van der Waals surface area contributed by atoms with Crippen molar-refractivity contribution in [3.05, 3.63) is 63.0 Å². The molecule has 1 aromatic carbocycles. The summed E-state index contributed by atoms with van der Waals surface area (Å²) in [5.74, 6) is -0.0907. The van der Waals surface area contributed by atoms with Gasteiger partial charge in [0.05, 0.1) is 9.80 Å². The molecule has 0 bridgehead atoms. The molecule has 8 heteroatoms. The minimum atomic E-state index is -0.482. The third kappa shape index (κ3) is 3.52. The van der Waals surface area contributed by atoms with Crippen molar-refractivity contribution in [3.8, 4) is 0 Å². The third-order valence-electron chi connectivity index (χ3n) is 3.86. The van der Waals surface area contributed by atoms with E-state index < -0.39 is 4.92 Å². The second-order valence-electron chi connectivity index (χ2n) is 5.29. The fourth-order valence-electron chi connectivity index (χ4n) is 2.74. The zero-order valence-electron chi connectivity index (χ0n) is 12.1. The SMILES string of the molecule is Cl.N[C@@H]1CN(C(=O)c2ccc([N+](=O)[O-])s2)C[C@H]1c1ccccc1. The molecule has 0 saturated carbocycles. The third-order valence-corrected chi connectivity index (χ3v) is 4.89. The van der Waals surface area contributed by atoms with E-state index >= 15 is 0 Å². The molecule has 1 aliphatic rings. The maximum atomic E-state index is 12.5. The highest BCUT2D eigenvalue weighted by atomic mass is 35.5. The lowest BCUT2D eigenvalue weighted by atomic mass is 9.95. The van der Waals surface area contributed by atoms with E-state index in [2.05, 4.69) is 0 Å². The van der Waals surface area contributed by atoms with Gasteiger partial charge in [-0.25, -0.2) is 0 Å². The van der Waals surface area contributed by atoms with Crippen molar-refractivity contribution in [1.29, 1.82) is 0 Å². The summed E-state index contributed by atoms with van der Waals surface area (Å²) in [6.45, 7) is 1.000. The quantitative estimate of drug-likeness (QED) is 0.678. The number of nitro groups is 1. The number of nitrogens with zero attached hydrogens (tertiary/aromatic N) is 2. The van der Waals surface area contributed by atoms with Crippen LogP contribution in [0.15, 0.2) is 42.5 Å². The van der Waals surface area contributed by atoms with E-state index in [0.717, 1.165) is 16.9 Å². The van der Waals surface area contributed by atoms with Gasteiger partial charge in [0, 0.05) is 31.1 Å². The Bertz CT molecular complexity index is 707. The van der Waals surface area contributed by atoms with Crippen LogP contribution in [0.3, 0.4) is 0 Å². The Morgan fingerprint density at radius 1 is 1.22 bits per heavy atom. The summed E-state index contributed by atoms with van der Waals surface area (Å²) in [4.78, 5) is 24.8. The Morgan fingerprint density at radius 2 is 1.91 bits per heavy atom. The number of halogens is 1. The summed E-state index contributed by atoms with van der Waals surface area (Å²) < 4.78 is 0. The highest BCUT2D eigenvalue weighted by molar-refractivity contribution is 7.17. The summed E-state index contributed by atoms with van der Waals surface area (Å²) in [5.41, 5.74) is 7.29. The Hall–Kier alpha value is -1.96. The van der Waals surface area contributed by atoms with E-state index in [1.54, 1.807) is 4.90 Å². The predicted molar refractivity (Wildman–Crippen MR) is 91.3 cm³/mol. The van der Waals surface area contributed by atoms with Crippen LogP contribution in [0, 0.1) is 10.1 Å². The van der Waals surface area contributed by atoms with E-state index in [1.165, 1.54) is 12.1 Å². The van der Waals surface area contributed by atoms with E-state index in [-0.39, 0.29) is 35.3 Å². The van der Waals surface area contributed by atoms with Crippen LogP contribution in [0.1, 0.15) is 21.2 Å². The second-order valence-corrected chi connectivity index (χ2v) is 6.35. The van der Waals surface area contributed by atoms with E-state index in [4.69, 9.17) is 5.73 Å². The summed E-state index contributed by atoms with van der Waals surface area (Å²) >= 11 is 0.903. The Morgan fingerprint density at radius 3 is 2.52 bits per heavy atom. The van der Waals surface area contributed by atoms with Gasteiger partial charge in [-0.15, -0.1) is 12.4 Å². The van der Waals surface area contributed by atoms with Crippen LogP contribution in [0.25, 0.3) is 0 Å².